The maximum Gasteiger partial charge on any atom is 0.254 e. The van der Waals surface area contributed by atoms with Crippen molar-refractivity contribution in [1.29, 1.82) is 0 Å². The standard InChI is InChI=1S/C17H20N2OS/c1-12-5-3-4-6-15(12)17(20)19-9-7-14(8-10-19)16-18-11-13(2)21-16/h3-6,11,14H,7-10H2,1-2H3. The lowest BCUT2D eigenvalue weighted by Crippen LogP contribution is -2.38. The van der Waals surface area contributed by atoms with Crippen molar-refractivity contribution in [2.45, 2.75) is 32.6 Å². The molecule has 1 aliphatic rings. The van der Waals surface area contributed by atoms with E-state index in [0.717, 1.165) is 37.1 Å². The summed E-state index contributed by atoms with van der Waals surface area (Å²) in [6, 6.07) is 7.83. The van der Waals surface area contributed by atoms with Crippen LogP contribution in [-0.4, -0.2) is 28.9 Å². The fraction of sp³-hybridized carbons (Fsp3) is 0.412. The Bertz CT molecular complexity index is 642. The molecule has 0 unspecified atom stereocenters. The van der Waals surface area contributed by atoms with Crippen LogP contribution in [0.4, 0.5) is 0 Å². The number of thiazole rings is 1. The van der Waals surface area contributed by atoms with Crippen LogP contribution < -0.4 is 0 Å². The first kappa shape index (κ1) is 14.3. The molecule has 1 saturated heterocycles. The van der Waals surface area contributed by atoms with Gasteiger partial charge in [0, 0.05) is 35.6 Å². The highest BCUT2D eigenvalue weighted by molar-refractivity contribution is 7.11. The summed E-state index contributed by atoms with van der Waals surface area (Å²) >= 11 is 1.79. The van der Waals surface area contributed by atoms with Crippen LogP contribution in [0.25, 0.3) is 0 Å². The molecule has 2 aromatic rings. The minimum absolute atomic E-state index is 0.168. The summed E-state index contributed by atoms with van der Waals surface area (Å²) in [6.45, 7) is 5.75. The number of aryl methyl sites for hydroxylation is 2. The van der Waals surface area contributed by atoms with E-state index in [2.05, 4.69) is 11.9 Å². The summed E-state index contributed by atoms with van der Waals surface area (Å²) in [6.07, 6.45) is 3.99. The first-order valence-electron chi connectivity index (χ1n) is 7.42. The zero-order valence-corrected chi connectivity index (χ0v) is 13.3. The number of benzene rings is 1. The second-order valence-corrected chi connectivity index (χ2v) is 6.96. The number of carbonyl (C=O) groups is 1. The van der Waals surface area contributed by atoms with Crippen molar-refractivity contribution < 1.29 is 4.79 Å². The highest BCUT2D eigenvalue weighted by Gasteiger charge is 2.26. The number of likely N-dealkylation sites (tertiary alicyclic amines) is 1. The molecular weight excluding hydrogens is 280 g/mol. The number of carbonyl (C=O) groups excluding carboxylic acids is 1. The number of aromatic nitrogens is 1. The number of piperidine rings is 1. The first-order chi connectivity index (χ1) is 10.1. The van der Waals surface area contributed by atoms with Crippen molar-refractivity contribution in [3.05, 3.63) is 51.5 Å². The maximum atomic E-state index is 12.6. The fourth-order valence-corrected chi connectivity index (χ4v) is 3.82. The highest BCUT2D eigenvalue weighted by Crippen LogP contribution is 2.31. The predicted octanol–water partition coefficient (Wildman–Crippen LogP) is 3.78. The lowest BCUT2D eigenvalue weighted by atomic mass is 9.96. The molecule has 21 heavy (non-hydrogen) atoms. The molecule has 1 aromatic heterocycles. The van der Waals surface area contributed by atoms with Crippen molar-refractivity contribution in [2.75, 3.05) is 13.1 Å². The van der Waals surface area contributed by atoms with Gasteiger partial charge < -0.3 is 4.90 Å². The molecule has 0 radical (unpaired) electrons. The highest BCUT2D eigenvalue weighted by atomic mass is 32.1. The van der Waals surface area contributed by atoms with Crippen molar-refractivity contribution in [1.82, 2.24) is 9.88 Å². The van der Waals surface area contributed by atoms with Gasteiger partial charge in [-0.05, 0) is 38.3 Å². The molecule has 0 bridgehead atoms. The van der Waals surface area contributed by atoms with Crippen molar-refractivity contribution in [3.63, 3.8) is 0 Å². The van der Waals surface area contributed by atoms with E-state index in [4.69, 9.17) is 0 Å². The molecule has 0 spiro atoms. The van der Waals surface area contributed by atoms with Crippen LogP contribution in [0.15, 0.2) is 30.5 Å². The Morgan fingerprint density at radius 1 is 1.24 bits per heavy atom. The summed E-state index contributed by atoms with van der Waals surface area (Å²) in [4.78, 5) is 20.3. The lowest BCUT2D eigenvalue weighted by Gasteiger charge is -2.31. The second kappa shape index (κ2) is 5.98. The number of hydrogen-bond donors (Lipinski definition) is 0. The van der Waals surface area contributed by atoms with Crippen LogP contribution in [0, 0.1) is 13.8 Å². The molecule has 3 rings (SSSR count). The SMILES string of the molecule is Cc1cnc(C2CCN(C(=O)c3ccccc3C)CC2)s1. The smallest absolute Gasteiger partial charge is 0.254 e. The number of hydrogen-bond acceptors (Lipinski definition) is 3. The summed E-state index contributed by atoms with van der Waals surface area (Å²) in [5.74, 6) is 0.687. The molecular formula is C17H20N2OS. The normalized spacial score (nSPS) is 16.2. The molecule has 0 saturated carbocycles. The lowest BCUT2D eigenvalue weighted by molar-refractivity contribution is 0.0712. The molecule has 4 heteroatoms. The molecule has 3 nitrogen and oxygen atoms in total. The van der Waals surface area contributed by atoms with E-state index < -0.39 is 0 Å². The van der Waals surface area contributed by atoms with Crippen LogP contribution >= 0.6 is 11.3 Å². The van der Waals surface area contributed by atoms with E-state index >= 15 is 0 Å². The average Bonchev–Trinajstić information content (AvgIpc) is 2.94. The Morgan fingerprint density at radius 3 is 2.57 bits per heavy atom. The van der Waals surface area contributed by atoms with Crippen LogP contribution in [0.3, 0.4) is 0 Å². The molecule has 0 N–H and O–H groups in total. The van der Waals surface area contributed by atoms with E-state index in [1.54, 1.807) is 11.3 Å². The van der Waals surface area contributed by atoms with Gasteiger partial charge in [0.05, 0.1) is 5.01 Å². The van der Waals surface area contributed by atoms with Crippen molar-refractivity contribution in [2.24, 2.45) is 0 Å². The van der Waals surface area contributed by atoms with E-state index in [1.807, 2.05) is 42.3 Å². The van der Waals surface area contributed by atoms with Crippen molar-refractivity contribution in [3.8, 4) is 0 Å². The quantitative estimate of drug-likeness (QED) is 0.845. The summed E-state index contributed by atoms with van der Waals surface area (Å²) in [5.41, 5.74) is 1.89. The Labute approximate surface area is 129 Å². The van der Waals surface area contributed by atoms with Gasteiger partial charge in [0.25, 0.3) is 5.91 Å². The molecule has 110 valence electrons. The Balaban J connectivity index is 1.66. The third-order valence-electron chi connectivity index (χ3n) is 4.15. The fourth-order valence-electron chi connectivity index (χ4n) is 2.87. The second-order valence-electron chi connectivity index (χ2n) is 5.69. The molecule has 1 fully saturated rings. The van der Waals surface area contributed by atoms with Gasteiger partial charge in [0.15, 0.2) is 0 Å². The summed E-state index contributed by atoms with van der Waals surface area (Å²) in [5, 5.41) is 1.23. The summed E-state index contributed by atoms with van der Waals surface area (Å²) < 4.78 is 0. The predicted molar refractivity (Wildman–Crippen MR) is 85.9 cm³/mol. The third-order valence-corrected chi connectivity index (χ3v) is 5.22. The van der Waals surface area contributed by atoms with Gasteiger partial charge in [0.2, 0.25) is 0 Å². The van der Waals surface area contributed by atoms with Gasteiger partial charge in [0.1, 0.15) is 0 Å². The molecule has 2 heterocycles. The largest absolute Gasteiger partial charge is 0.339 e. The maximum absolute atomic E-state index is 12.6. The third kappa shape index (κ3) is 3.00. The van der Waals surface area contributed by atoms with E-state index in [1.165, 1.54) is 9.88 Å². The number of rotatable bonds is 2. The molecule has 0 atom stereocenters. The van der Waals surface area contributed by atoms with E-state index in [-0.39, 0.29) is 5.91 Å². The van der Waals surface area contributed by atoms with Gasteiger partial charge in [-0.25, -0.2) is 4.98 Å². The molecule has 1 aliphatic heterocycles. The first-order valence-corrected chi connectivity index (χ1v) is 8.24. The minimum atomic E-state index is 0.168. The van der Waals surface area contributed by atoms with Crippen LogP contribution in [0.5, 0.6) is 0 Å². The van der Waals surface area contributed by atoms with Crippen molar-refractivity contribution >= 4 is 17.2 Å². The topological polar surface area (TPSA) is 33.2 Å². The summed E-state index contributed by atoms with van der Waals surface area (Å²) in [7, 11) is 0. The number of amides is 1. The average molecular weight is 300 g/mol. The number of nitrogens with zero attached hydrogens (tertiary/aromatic N) is 2. The Kier molecular flexibility index (Phi) is 4.06. The van der Waals surface area contributed by atoms with Crippen LogP contribution in [-0.2, 0) is 0 Å². The van der Waals surface area contributed by atoms with Gasteiger partial charge >= 0.3 is 0 Å². The molecule has 1 aromatic carbocycles. The van der Waals surface area contributed by atoms with E-state index in [9.17, 15) is 4.79 Å². The van der Waals surface area contributed by atoms with Gasteiger partial charge in [-0.1, -0.05) is 18.2 Å². The van der Waals surface area contributed by atoms with Gasteiger partial charge in [-0.2, -0.15) is 0 Å². The van der Waals surface area contributed by atoms with Gasteiger partial charge in [-0.3, -0.25) is 4.79 Å². The molecule has 1 amide bonds. The minimum Gasteiger partial charge on any atom is -0.339 e. The van der Waals surface area contributed by atoms with Crippen LogP contribution in [0.2, 0.25) is 0 Å². The Hall–Kier alpha value is -1.68. The van der Waals surface area contributed by atoms with Gasteiger partial charge in [-0.15, -0.1) is 11.3 Å². The van der Waals surface area contributed by atoms with E-state index in [0.29, 0.717) is 5.92 Å². The monoisotopic (exact) mass is 300 g/mol. The van der Waals surface area contributed by atoms with Crippen LogP contribution in [0.1, 0.15) is 44.6 Å². The molecule has 0 aliphatic carbocycles. The zero-order chi connectivity index (χ0) is 14.8. The zero-order valence-electron chi connectivity index (χ0n) is 12.5. The Morgan fingerprint density at radius 2 is 1.95 bits per heavy atom.